The highest BCUT2D eigenvalue weighted by Gasteiger charge is 2.39. The van der Waals surface area contributed by atoms with E-state index in [-0.39, 0.29) is 32.9 Å². The van der Waals surface area contributed by atoms with Crippen molar-refractivity contribution in [3.8, 4) is 11.5 Å². The standard InChI is InChI=1S/C37H28O8S2/c1-4-25-8-7-9-26(20-25)21-27-22-32(44-46(40,41)28-16-12-23(2)13-17-28)33-34(36(39)31-11-6-5-10-30(31)35(33)38)37(27)45-47(42,43)29-18-14-24(3)15-19-29/h4-20,22H,1,21H2,2-3H3. The van der Waals surface area contributed by atoms with E-state index in [0.29, 0.717) is 5.56 Å². The van der Waals surface area contributed by atoms with Gasteiger partial charge in [-0.15, -0.1) is 0 Å². The number of benzene rings is 5. The minimum atomic E-state index is -4.54. The minimum Gasteiger partial charge on any atom is -0.378 e. The summed E-state index contributed by atoms with van der Waals surface area (Å²) in [6.07, 6.45) is 1.62. The number of rotatable bonds is 9. The van der Waals surface area contributed by atoms with Gasteiger partial charge in [-0.3, -0.25) is 9.59 Å². The van der Waals surface area contributed by atoms with E-state index < -0.39 is 54.4 Å². The van der Waals surface area contributed by atoms with Gasteiger partial charge in [0.1, 0.15) is 9.79 Å². The zero-order valence-electron chi connectivity index (χ0n) is 25.4. The van der Waals surface area contributed by atoms with Crippen LogP contribution in [-0.2, 0) is 26.7 Å². The Labute approximate surface area is 273 Å². The molecule has 0 spiro atoms. The summed E-state index contributed by atoms with van der Waals surface area (Å²) in [5.74, 6) is -2.26. The molecule has 8 nitrogen and oxygen atoms in total. The molecule has 0 bridgehead atoms. The van der Waals surface area contributed by atoms with Crippen LogP contribution in [0.3, 0.4) is 0 Å². The summed E-state index contributed by atoms with van der Waals surface area (Å²) in [5, 5.41) is 0. The van der Waals surface area contributed by atoms with Crippen LogP contribution in [0.5, 0.6) is 11.5 Å². The molecule has 5 aromatic rings. The highest BCUT2D eigenvalue weighted by molar-refractivity contribution is 7.87. The van der Waals surface area contributed by atoms with Gasteiger partial charge in [0.2, 0.25) is 0 Å². The van der Waals surface area contributed by atoms with Gasteiger partial charge >= 0.3 is 20.2 Å². The molecule has 0 saturated carbocycles. The average Bonchev–Trinajstić information content (AvgIpc) is 3.05. The molecule has 0 radical (unpaired) electrons. The molecule has 0 aliphatic heterocycles. The average molecular weight is 665 g/mol. The lowest BCUT2D eigenvalue weighted by Crippen LogP contribution is -2.25. The largest absolute Gasteiger partial charge is 0.378 e. The number of hydrogen-bond acceptors (Lipinski definition) is 8. The van der Waals surface area contributed by atoms with E-state index in [4.69, 9.17) is 8.37 Å². The zero-order valence-corrected chi connectivity index (χ0v) is 27.0. The molecule has 0 heterocycles. The lowest BCUT2D eigenvalue weighted by molar-refractivity contribution is 0.0976. The Morgan fingerprint density at radius 2 is 1.17 bits per heavy atom. The number of ketones is 2. The second-order valence-electron chi connectivity index (χ2n) is 11.1. The first-order valence-electron chi connectivity index (χ1n) is 14.5. The maximum absolute atomic E-state index is 14.2. The van der Waals surface area contributed by atoms with Gasteiger partial charge in [0.25, 0.3) is 0 Å². The molecular formula is C37H28O8S2. The summed E-state index contributed by atoms with van der Waals surface area (Å²) in [5.41, 5.74) is 2.39. The summed E-state index contributed by atoms with van der Waals surface area (Å²) in [7, 11) is -9.06. The van der Waals surface area contributed by atoms with Crippen molar-refractivity contribution in [1.29, 1.82) is 0 Å². The van der Waals surface area contributed by atoms with Crippen LogP contribution in [0.4, 0.5) is 0 Å². The fourth-order valence-corrected chi connectivity index (χ4v) is 7.27. The van der Waals surface area contributed by atoms with Crippen molar-refractivity contribution in [2.75, 3.05) is 0 Å². The van der Waals surface area contributed by atoms with Crippen molar-refractivity contribution >= 4 is 37.9 Å². The van der Waals surface area contributed by atoms with E-state index >= 15 is 0 Å². The second-order valence-corrected chi connectivity index (χ2v) is 14.2. The number of hydrogen-bond donors (Lipinski definition) is 0. The molecule has 1 aliphatic carbocycles. The lowest BCUT2D eigenvalue weighted by Gasteiger charge is -2.24. The van der Waals surface area contributed by atoms with Gasteiger partial charge < -0.3 is 8.37 Å². The molecule has 0 aromatic heterocycles. The molecule has 0 atom stereocenters. The number of aryl methyl sites for hydroxylation is 2. The van der Waals surface area contributed by atoms with E-state index in [1.165, 1.54) is 42.5 Å². The van der Waals surface area contributed by atoms with Crippen LogP contribution in [0, 0.1) is 13.8 Å². The predicted molar refractivity (Wildman–Crippen MR) is 177 cm³/mol. The van der Waals surface area contributed by atoms with E-state index in [1.54, 1.807) is 74.5 Å². The van der Waals surface area contributed by atoms with E-state index in [0.717, 1.165) is 16.7 Å². The van der Waals surface area contributed by atoms with Gasteiger partial charge in [0.05, 0.1) is 11.1 Å². The fourth-order valence-electron chi connectivity index (χ4n) is 5.36. The van der Waals surface area contributed by atoms with Gasteiger partial charge in [-0.1, -0.05) is 96.6 Å². The van der Waals surface area contributed by atoms with E-state index in [9.17, 15) is 26.4 Å². The fraction of sp³-hybridized carbons (Fsp3) is 0.0811. The van der Waals surface area contributed by atoms with E-state index in [1.807, 2.05) is 6.07 Å². The molecule has 47 heavy (non-hydrogen) atoms. The molecule has 1 aliphatic rings. The molecule has 0 amide bonds. The molecular weight excluding hydrogens is 637 g/mol. The van der Waals surface area contributed by atoms with Crippen molar-refractivity contribution in [3.05, 3.63) is 160 Å². The van der Waals surface area contributed by atoms with Crippen molar-refractivity contribution in [1.82, 2.24) is 0 Å². The van der Waals surface area contributed by atoms with Crippen molar-refractivity contribution in [2.45, 2.75) is 30.1 Å². The Morgan fingerprint density at radius 1 is 0.638 bits per heavy atom. The third-order valence-electron chi connectivity index (χ3n) is 7.78. The van der Waals surface area contributed by atoms with Gasteiger partial charge in [-0.25, -0.2) is 0 Å². The smallest absolute Gasteiger partial charge is 0.339 e. The van der Waals surface area contributed by atoms with Crippen LogP contribution in [0.2, 0.25) is 0 Å². The number of carbonyl (C=O) groups excluding carboxylic acids is 2. The van der Waals surface area contributed by atoms with E-state index in [2.05, 4.69) is 6.58 Å². The Kier molecular flexibility index (Phi) is 8.17. The maximum Gasteiger partial charge on any atom is 0.339 e. The highest BCUT2D eigenvalue weighted by Crippen LogP contribution is 2.43. The Morgan fingerprint density at radius 3 is 1.72 bits per heavy atom. The third kappa shape index (κ3) is 6.13. The summed E-state index contributed by atoms with van der Waals surface area (Å²) in [6.45, 7) is 7.40. The summed E-state index contributed by atoms with van der Waals surface area (Å²) in [6, 6.07) is 26.3. The van der Waals surface area contributed by atoms with Gasteiger partial charge in [-0.2, -0.15) is 16.8 Å². The van der Waals surface area contributed by atoms with Gasteiger partial charge in [0, 0.05) is 23.1 Å². The third-order valence-corrected chi connectivity index (χ3v) is 10.3. The van der Waals surface area contributed by atoms with Crippen molar-refractivity contribution < 1.29 is 34.8 Å². The maximum atomic E-state index is 14.2. The molecule has 0 fully saturated rings. The number of fused-ring (bicyclic) bond motifs is 2. The first kappa shape index (κ1) is 31.7. The first-order chi connectivity index (χ1) is 22.4. The molecule has 0 saturated heterocycles. The lowest BCUT2D eigenvalue weighted by atomic mass is 9.81. The van der Waals surface area contributed by atoms with Crippen LogP contribution in [0.1, 0.15) is 59.7 Å². The number of carbonyl (C=O) groups is 2. The quantitative estimate of drug-likeness (QED) is 0.154. The highest BCUT2D eigenvalue weighted by atomic mass is 32.2. The van der Waals surface area contributed by atoms with Crippen LogP contribution < -0.4 is 8.37 Å². The minimum absolute atomic E-state index is 0.0146. The van der Waals surface area contributed by atoms with Crippen molar-refractivity contribution in [3.63, 3.8) is 0 Å². The summed E-state index contributed by atoms with van der Waals surface area (Å²) < 4.78 is 65.9. The van der Waals surface area contributed by atoms with Gasteiger partial charge in [0.15, 0.2) is 23.1 Å². The van der Waals surface area contributed by atoms with Crippen LogP contribution in [0.15, 0.2) is 119 Å². The Hall–Kier alpha value is -5.32. The van der Waals surface area contributed by atoms with Crippen LogP contribution in [-0.4, -0.2) is 28.4 Å². The summed E-state index contributed by atoms with van der Waals surface area (Å²) in [4.78, 5) is 28.0. The molecule has 6 rings (SSSR count). The normalized spacial score (nSPS) is 12.6. The summed E-state index contributed by atoms with van der Waals surface area (Å²) >= 11 is 0. The topological polar surface area (TPSA) is 121 Å². The second kappa shape index (κ2) is 12.1. The molecule has 0 N–H and O–H groups in total. The first-order valence-corrected chi connectivity index (χ1v) is 17.3. The zero-order chi connectivity index (χ0) is 33.5. The Bertz CT molecular complexity index is 2300. The molecule has 0 unspecified atom stereocenters. The molecule has 10 heteroatoms. The predicted octanol–water partition coefficient (Wildman–Crippen LogP) is 6.85. The van der Waals surface area contributed by atoms with Gasteiger partial charge in [-0.05, 0) is 55.3 Å². The molecule has 5 aromatic carbocycles. The monoisotopic (exact) mass is 664 g/mol. The SMILES string of the molecule is C=Cc1cccc(Cc2cc(OS(=O)(=O)c3ccc(C)cc3)c3c(c2OS(=O)(=O)c2ccc(C)cc2)C(=O)c2ccccc2C3=O)c1. The van der Waals surface area contributed by atoms with Crippen LogP contribution >= 0.6 is 0 Å². The molecule has 236 valence electrons. The van der Waals surface area contributed by atoms with Crippen LogP contribution in [0.25, 0.3) is 6.08 Å². The Balaban J connectivity index is 1.62. The van der Waals surface area contributed by atoms with Crippen molar-refractivity contribution in [2.24, 2.45) is 0 Å².